The zero-order chi connectivity index (χ0) is 24.9. The Morgan fingerprint density at radius 2 is 2.03 bits per heavy atom. The molecule has 4 aliphatic rings. The Kier molecular flexibility index (Phi) is 7.17. The van der Waals surface area contributed by atoms with Crippen molar-refractivity contribution >= 4 is 5.97 Å². The van der Waals surface area contributed by atoms with Gasteiger partial charge < -0.3 is 14.9 Å². The maximum Gasteiger partial charge on any atom is 0.330 e. The molecule has 3 fully saturated rings. The predicted molar refractivity (Wildman–Crippen MR) is 136 cm³/mol. The van der Waals surface area contributed by atoms with E-state index < -0.39 is 17.7 Å². The number of aliphatic hydroxyl groups excluding tert-OH is 1. The van der Waals surface area contributed by atoms with Gasteiger partial charge >= 0.3 is 5.97 Å². The first-order valence-corrected chi connectivity index (χ1v) is 13.8. The van der Waals surface area contributed by atoms with Crippen LogP contribution in [0, 0.1) is 40.4 Å². The standard InChI is InChI=1S/C30H48O4/c1-7-27(32)34-21-17-20-10-11-22-24-13-12-23(19(2)9-8-15-28(3,4)33)29(24,5)16-14-25(22)30(20,6)26(31)18-21/h7,10,19,21-26,31,33H,1,8-9,11-18H2,2-6H3/t19-,21-,22+,23-,24+,25+,26+,29-,30+/m1/s1. The monoisotopic (exact) mass is 472 g/mol. The minimum absolute atomic E-state index is 0.197. The number of carbonyl (C=O) groups is 1. The molecule has 4 nitrogen and oxygen atoms in total. The molecule has 0 saturated heterocycles. The van der Waals surface area contributed by atoms with Crippen molar-refractivity contribution in [3.8, 4) is 0 Å². The molecule has 192 valence electrons. The fourth-order valence-corrected chi connectivity index (χ4v) is 9.02. The van der Waals surface area contributed by atoms with E-state index in [1.54, 1.807) is 0 Å². The lowest BCUT2D eigenvalue weighted by Crippen LogP contribution is -2.56. The molecule has 4 aliphatic carbocycles. The quantitative estimate of drug-likeness (QED) is 0.263. The Labute approximate surface area is 207 Å². The molecule has 0 spiro atoms. The number of fused-ring (bicyclic) bond motifs is 5. The molecule has 0 amide bonds. The summed E-state index contributed by atoms with van der Waals surface area (Å²) in [5.74, 6) is 2.95. The van der Waals surface area contributed by atoms with Gasteiger partial charge in [0.05, 0.1) is 11.7 Å². The highest BCUT2D eigenvalue weighted by molar-refractivity contribution is 5.81. The maximum atomic E-state index is 11.8. The van der Waals surface area contributed by atoms with Crippen LogP contribution in [0.2, 0.25) is 0 Å². The van der Waals surface area contributed by atoms with E-state index in [0.29, 0.717) is 29.6 Å². The van der Waals surface area contributed by atoms with Gasteiger partial charge in [-0.3, -0.25) is 0 Å². The highest BCUT2D eigenvalue weighted by atomic mass is 16.5. The van der Waals surface area contributed by atoms with Crippen LogP contribution in [0.1, 0.15) is 98.8 Å². The lowest BCUT2D eigenvalue weighted by Gasteiger charge is -2.59. The van der Waals surface area contributed by atoms with Crippen LogP contribution >= 0.6 is 0 Å². The highest BCUT2D eigenvalue weighted by Gasteiger charge is 2.61. The molecule has 2 N–H and O–H groups in total. The summed E-state index contributed by atoms with van der Waals surface area (Å²) in [6, 6.07) is 0. The fraction of sp³-hybridized carbons (Fsp3) is 0.833. The molecule has 0 aromatic rings. The largest absolute Gasteiger partial charge is 0.459 e. The summed E-state index contributed by atoms with van der Waals surface area (Å²) in [5.41, 5.74) is 0.939. The molecule has 0 unspecified atom stereocenters. The van der Waals surface area contributed by atoms with Crippen LogP contribution in [0.4, 0.5) is 0 Å². The van der Waals surface area contributed by atoms with Gasteiger partial charge in [-0.25, -0.2) is 4.79 Å². The van der Waals surface area contributed by atoms with Gasteiger partial charge in [0.15, 0.2) is 0 Å². The lowest BCUT2D eigenvalue weighted by molar-refractivity contribution is -0.151. The van der Waals surface area contributed by atoms with Crippen molar-refractivity contribution in [3.05, 3.63) is 24.3 Å². The van der Waals surface area contributed by atoms with Crippen LogP contribution in [-0.4, -0.2) is 34.0 Å². The number of ether oxygens (including phenoxy) is 1. The first kappa shape index (κ1) is 25.9. The number of hydrogen-bond donors (Lipinski definition) is 2. The molecule has 4 rings (SSSR count). The van der Waals surface area contributed by atoms with E-state index in [4.69, 9.17) is 4.74 Å². The number of carbonyl (C=O) groups excluding carboxylic acids is 1. The van der Waals surface area contributed by atoms with Gasteiger partial charge in [-0.2, -0.15) is 0 Å². The van der Waals surface area contributed by atoms with Crippen molar-refractivity contribution in [2.75, 3.05) is 0 Å². The van der Waals surface area contributed by atoms with Crippen molar-refractivity contribution < 1.29 is 19.7 Å². The molecule has 0 aromatic carbocycles. The SMILES string of the molecule is C=CC(=O)O[C@@H]1CC2=CC[C@H]3[C@@H]4CC[C@H]([C@H](C)CCCC(C)(C)O)[C@@]4(C)CC[C@@H]3[C@@]2(C)[C@@H](O)C1. The Hall–Kier alpha value is -1.13. The summed E-state index contributed by atoms with van der Waals surface area (Å²) in [5, 5.41) is 21.5. The summed E-state index contributed by atoms with van der Waals surface area (Å²) in [6.45, 7) is 14.7. The summed E-state index contributed by atoms with van der Waals surface area (Å²) in [7, 11) is 0. The minimum atomic E-state index is -0.564. The van der Waals surface area contributed by atoms with Crippen molar-refractivity contribution in [2.45, 2.75) is 117 Å². The molecule has 0 aliphatic heterocycles. The topological polar surface area (TPSA) is 66.8 Å². The molecule has 3 saturated carbocycles. The Morgan fingerprint density at radius 1 is 1.29 bits per heavy atom. The van der Waals surface area contributed by atoms with Crippen molar-refractivity contribution in [1.29, 1.82) is 0 Å². The summed E-state index contributed by atoms with van der Waals surface area (Å²) in [4.78, 5) is 11.8. The zero-order valence-electron chi connectivity index (χ0n) is 22.2. The van der Waals surface area contributed by atoms with Crippen LogP contribution in [0.25, 0.3) is 0 Å². The van der Waals surface area contributed by atoms with Gasteiger partial charge in [0.1, 0.15) is 6.10 Å². The normalized spacial score (nSPS) is 42.6. The first-order chi connectivity index (χ1) is 15.9. The van der Waals surface area contributed by atoms with E-state index >= 15 is 0 Å². The Bertz CT molecular complexity index is 809. The summed E-state index contributed by atoms with van der Waals surface area (Å²) in [6.07, 6.45) is 13.5. The third kappa shape index (κ3) is 4.54. The van der Waals surface area contributed by atoms with E-state index in [0.717, 1.165) is 37.5 Å². The number of aliphatic hydroxyl groups is 2. The van der Waals surface area contributed by atoms with Gasteiger partial charge in [-0.1, -0.05) is 51.8 Å². The number of hydrogen-bond acceptors (Lipinski definition) is 4. The Balaban J connectivity index is 1.48. The minimum Gasteiger partial charge on any atom is -0.459 e. The highest BCUT2D eigenvalue weighted by Crippen LogP contribution is 2.67. The van der Waals surface area contributed by atoms with E-state index in [9.17, 15) is 15.0 Å². The molecule has 0 radical (unpaired) electrons. The average Bonchev–Trinajstić information content (AvgIpc) is 3.11. The van der Waals surface area contributed by atoms with E-state index in [-0.39, 0.29) is 11.5 Å². The fourth-order valence-electron chi connectivity index (χ4n) is 9.02. The summed E-state index contributed by atoms with van der Waals surface area (Å²) < 4.78 is 5.55. The van der Waals surface area contributed by atoms with E-state index in [1.807, 2.05) is 13.8 Å². The third-order valence-electron chi connectivity index (χ3n) is 10.8. The third-order valence-corrected chi connectivity index (χ3v) is 10.8. The molecule has 0 heterocycles. The molecular weight excluding hydrogens is 424 g/mol. The van der Waals surface area contributed by atoms with Crippen LogP contribution in [0.3, 0.4) is 0 Å². The smallest absolute Gasteiger partial charge is 0.330 e. The van der Waals surface area contributed by atoms with Gasteiger partial charge in [-0.05, 0) is 87.4 Å². The van der Waals surface area contributed by atoms with Crippen LogP contribution < -0.4 is 0 Å². The van der Waals surface area contributed by atoms with Gasteiger partial charge in [0.2, 0.25) is 0 Å². The van der Waals surface area contributed by atoms with Crippen LogP contribution in [-0.2, 0) is 9.53 Å². The average molecular weight is 473 g/mol. The molecular formula is C30H48O4. The molecule has 9 atom stereocenters. The van der Waals surface area contributed by atoms with Crippen molar-refractivity contribution in [1.82, 2.24) is 0 Å². The number of allylic oxidation sites excluding steroid dienone is 1. The van der Waals surface area contributed by atoms with Crippen LogP contribution in [0.5, 0.6) is 0 Å². The molecule has 4 heteroatoms. The maximum absolute atomic E-state index is 11.8. The lowest BCUT2D eigenvalue weighted by atomic mass is 9.46. The summed E-state index contributed by atoms with van der Waals surface area (Å²) >= 11 is 0. The second-order valence-electron chi connectivity index (χ2n) is 13.3. The molecule has 0 bridgehead atoms. The van der Waals surface area contributed by atoms with Gasteiger partial charge in [0.25, 0.3) is 0 Å². The second kappa shape index (κ2) is 9.39. The van der Waals surface area contributed by atoms with Crippen LogP contribution in [0.15, 0.2) is 24.3 Å². The molecule has 34 heavy (non-hydrogen) atoms. The van der Waals surface area contributed by atoms with E-state index in [1.165, 1.54) is 43.8 Å². The number of rotatable bonds is 7. The zero-order valence-corrected chi connectivity index (χ0v) is 22.2. The van der Waals surface area contributed by atoms with E-state index in [2.05, 4.69) is 33.4 Å². The van der Waals surface area contributed by atoms with Gasteiger partial charge in [-0.15, -0.1) is 0 Å². The van der Waals surface area contributed by atoms with Gasteiger partial charge in [0, 0.05) is 24.3 Å². The Morgan fingerprint density at radius 3 is 2.71 bits per heavy atom. The van der Waals surface area contributed by atoms with Crippen molar-refractivity contribution in [3.63, 3.8) is 0 Å². The van der Waals surface area contributed by atoms with Crippen molar-refractivity contribution in [2.24, 2.45) is 40.4 Å². The number of esters is 1. The molecule has 0 aromatic heterocycles. The predicted octanol–water partition coefficient (Wildman–Crippen LogP) is 6.21. The second-order valence-corrected chi connectivity index (χ2v) is 13.3. The first-order valence-electron chi connectivity index (χ1n) is 13.8.